The van der Waals surface area contributed by atoms with Gasteiger partial charge in [0, 0.05) is 10.5 Å². The number of thioether (sulfide) groups is 1. The number of halogens is 1. The normalized spacial score (nSPS) is 34.8. The molecule has 2 aliphatic heterocycles. The topological polar surface area (TPSA) is 20.2 Å². The van der Waals surface area contributed by atoms with Gasteiger partial charge >= 0.3 is 0 Å². The van der Waals surface area contributed by atoms with Crippen LogP contribution in [0.1, 0.15) is 37.7 Å². The van der Waals surface area contributed by atoms with Crippen LogP contribution >= 0.6 is 11.8 Å². The summed E-state index contributed by atoms with van der Waals surface area (Å²) in [5.41, 5.74) is 0.177. The van der Waals surface area contributed by atoms with Crippen LogP contribution in [0.5, 0.6) is 0 Å². The van der Waals surface area contributed by atoms with Crippen LogP contribution in [0.3, 0.4) is 0 Å². The zero-order chi connectivity index (χ0) is 12.6. The van der Waals surface area contributed by atoms with Gasteiger partial charge in [0.05, 0.1) is 5.60 Å². The molecule has 0 aliphatic carbocycles. The first-order valence-electron chi connectivity index (χ1n) is 6.76. The van der Waals surface area contributed by atoms with Crippen LogP contribution in [0.2, 0.25) is 0 Å². The summed E-state index contributed by atoms with van der Waals surface area (Å²) in [5.74, 6) is -0.144. The Hall–Kier alpha value is -0.540. The Balaban J connectivity index is 1.64. The monoisotopic (exact) mass is 266 g/mol. The minimum absolute atomic E-state index is 0.144. The Kier molecular flexibility index (Phi) is 3.37. The van der Waals surface area contributed by atoms with E-state index in [1.807, 2.05) is 23.9 Å². The summed E-state index contributed by atoms with van der Waals surface area (Å²) in [6.45, 7) is 0. The number of hydrogen-bond acceptors (Lipinski definition) is 2. The van der Waals surface area contributed by atoms with Crippen LogP contribution < -0.4 is 0 Å². The van der Waals surface area contributed by atoms with E-state index in [0.29, 0.717) is 23.3 Å². The predicted molar refractivity (Wildman–Crippen MR) is 73.3 cm³/mol. The van der Waals surface area contributed by atoms with E-state index < -0.39 is 5.60 Å². The Morgan fingerprint density at radius 1 is 1.22 bits per heavy atom. The summed E-state index contributed by atoms with van der Waals surface area (Å²) in [6, 6.07) is 6.90. The molecule has 0 spiro atoms. The molecule has 2 fully saturated rings. The highest BCUT2D eigenvalue weighted by Crippen LogP contribution is 2.48. The first-order valence-corrected chi connectivity index (χ1v) is 7.70. The molecule has 2 unspecified atom stereocenters. The van der Waals surface area contributed by atoms with Crippen molar-refractivity contribution in [3.63, 3.8) is 0 Å². The van der Waals surface area contributed by atoms with Crippen LogP contribution in [-0.4, -0.2) is 21.2 Å². The van der Waals surface area contributed by atoms with Gasteiger partial charge in [-0.25, -0.2) is 4.39 Å². The van der Waals surface area contributed by atoms with Crippen molar-refractivity contribution in [2.24, 2.45) is 0 Å². The van der Waals surface area contributed by atoms with Gasteiger partial charge in [0.1, 0.15) is 5.82 Å². The lowest BCUT2D eigenvalue weighted by molar-refractivity contribution is 0.0155. The minimum Gasteiger partial charge on any atom is -0.390 e. The fourth-order valence-electron chi connectivity index (χ4n) is 3.28. The van der Waals surface area contributed by atoms with Gasteiger partial charge in [0.2, 0.25) is 0 Å². The molecule has 3 rings (SSSR count). The van der Waals surface area contributed by atoms with Gasteiger partial charge < -0.3 is 5.11 Å². The summed E-state index contributed by atoms with van der Waals surface area (Å²) in [4.78, 5) is 0. The molecule has 3 heteroatoms. The van der Waals surface area contributed by atoms with Crippen LogP contribution in [0.25, 0.3) is 0 Å². The van der Waals surface area contributed by atoms with Crippen molar-refractivity contribution in [3.8, 4) is 0 Å². The molecule has 98 valence electrons. The zero-order valence-corrected chi connectivity index (χ0v) is 11.3. The summed E-state index contributed by atoms with van der Waals surface area (Å²) in [7, 11) is 0. The second-order valence-electron chi connectivity index (χ2n) is 5.68. The maximum atomic E-state index is 13.5. The summed E-state index contributed by atoms with van der Waals surface area (Å²) in [6.07, 6.45) is 5.62. The van der Waals surface area contributed by atoms with Gasteiger partial charge in [0.15, 0.2) is 0 Å². The Bertz CT molecular complexity index is 422. The molecule has 2 atom stereocenters. The Labute approximate surface area is 112 Å². The van der Waals surface area contributed by atoms with E-state index in [1.165, 1.54) is 18.9 Å². The number of hydrogen-bond donors (Lipinski definition) is 1. The highest BCUT2D eigenvalue weighted by molar-refractivity contribution is 8.00. The zero-order valence-electron chi connectivity index (χ0n) is 10.4. The molecular formula is C15H19FOS. The van der Waals surface area contributed by atoms with E-state index in [-0.39, 0.29) is 5.82 Å². The lowest BCUT2D eigenvalue weighted by Crippen LogP contribution is -2.37. The van der Waals surface area contributed by atoms with Crippen molar-refractivity contribution < 1.29 is 9.50 Å². The molecule has 0 radical (unpaired) electrons. The first kappa shape index (κ1) is 12.5. The molecule has 0 saturated carbocycles. The highest BCUT2D eigenvalue weighted by atomic mass is 32.2. The molecule has 0 amide bonds. The number of fused-ring (bicyclic) bond motifs is 2. The smallest absolute Gasteiger partial charge is 0.126 e. The molecule has 2 heterocycles. The number of benzene rings is 1. The molecule has 0 aromatic heterocycles. The molecule has 18 heavy (non-hydrogen) atoms. The van der Waals surface area contributed by atoms with Crippen molar-refractivity contribution in [3.05, 3.63) is 35.6 Å². The van der Waals surface area contributed by atoms with Crippen LogP contribution in [0.4, 0.5) is 4.39 Å². The number of aliphatic hydroxyl groups is 1. The summed E-state index contributed by atoms with van der Waals surface area (Å²) in [5, 5.41) is 11.9. The second-order valence-corrected chi connectivity index (χ2v) is 7.29. The third kappa shape index (κ3) is 2.57. The van der Waals surface area contributed by atoms with Gasteiger partial charge in [-0.15, -0.1) is 0 Å². The largest absolute Gasteiger partial charge is 0.390 e. The summed E-state index contributed by atoms with van der Waals surface area (Å²) >= 11 is 2.05. The quantitative estimate of drug-likeness (QED) is 0.903. The number of aryl methyl sites for hydroxylation is 1. The molecule has 1 N–H and O–H groups in total. The van der Waals surface area contributed by atoms with E-state index in [2.05, 4.69) is 0 Å². The maximum absolute atomic E-state index is 13.5. The Morgan fingerprint density at radius 3 is 2.56 bits per heavy atom. The predicted octanol–water partition coefficient (Wildman–Crippen LogP) is 3.55. The van der Waals surface area contributed by atoms with E-state index in [1.54, 1.807) is 6.07 Å². The lowest BCUT2D eigenvalue weighted by atomic mass is 9.87. The van der Waals surface area contributed by atoms with Gasteiger partial charge in [-0.2, -0.15) is 11.8 Å². The minimum atomic E-state index is -0.556. The number of rotatable bonds is 3. The maximum Gasteiger partial charge on any atom is 0.126 e. The third-order valence-corrected chi connectivity index (χ3v) is 5.80. The lowest BCUT2D eigenvalue weighted by Gasteiger charge is -2.36. The van der Waals surface area contributed by atoms with E-state index in [9.17, 15) is 9.50 Å². The highest BCUT2D eigenvalue weighted by Gasteiger charge is 2.42. The third-order valence-electron chi connectivity index (χ3n) is 4.23. The summed E-state index contributed by atoms with van der Waals surface area (Å²) < 4.78 is 13.5. The van der Waals surface area contributed by atoms with Crippen LogP contribution in [0, 0.1) is 5.82 Å². The second kappa shape index (κ2) is 4.86. The van der Waals surface area contributed by atoms with Gasteiger partial charge in [-0.1, -0.05) is 18.2 Å². The first-order chi connectivity index (χ1) is 8.65. The van der Waals surface area contributed by atoms with Crippen molar-refractivity contribution >= 4 is 11.8 Å². The van der Waals surface area contributed by atoms with Crippen LogP contribution in [-0.2, 0) is 6.42 Å². The fourth-order valence-corrected chi connectivity index (χ4v) is 5.19. The standard InChI is InChI=1S/C15H19FOS/c16-14-4-2-1-3-11(14)7-8-15(17)9-12-5-6-13(10-15)18-12/h1-4,12-13,17H,5-10H2. The van der Waals surface area contributed by atoms with Gasteiger partial charge in [0.25, 0.3) is 0 Å². The molecule has 2 aliphatic rings. The van der Waals surface area contributed by atoms with Crippen LogP contribution in [0.15, 0.2) is 24.3 Å². The van der Waals surface area contributed by atoms with Crippen molar-refractivity contribution in [1.82, 2.24) is 0 Å². The molecule has 1 aromatic carbocycles. The van der Waals surface area contributed by atoms with E-state index >= 15 is 0 Å². The molecular weight excluding hydrogens is 247 g/mol. The van der Waals surface area contributed by atoms with Gasteiger partial charge in [-0.05, 0) is 50.2 Å². The van der Waals surface area contributed by atoms with E-state index in [0.717, 1.165) is 18.4 Å². The van der Waals surface area contributed by atoms with E-state index in [4.69, 9.17) is 0 Å². The average Bonchev–Trinajstić information content (AvgIpc) is 2.69. The molecule has 2 bridgehead atoms. The SMILES string of the molecule is OC1(CCc2ccccc2F)CC2CCC(C1)S2. The Morgan fingerprint density at radius 2 is 1.89 bits per heavy atom. The van der Waals surface area contributed by atoms with Gasteiger partial charge in [-0.3, -0.25) is 0 Å². The molecule has 1 nitrogen and oxygen atoms in total. The van der Waals surface area contributed by atoms with Crippen molar-refractivity contribution in [2.45, 2.75) is 54.6 Å². The fraction of sp³-hybridized carbons (Fsp3) is 0.600. The average molecular weight is 266 g/mol. The molecule has 1 aromatic rings. The van der Waals surface area contributed by atoms with Crippen molar-refractivity contribution in [2.75, 3.05) is 0 Å². The molecule has 2 saturated heterocycles. The van der Waals surface area contributed by atoms with Crippen molar-refractivity contribution in [1.29, 1.82) is 0 Å².